The maximum atomic E-state index is 13.1. The number of esters is 1. The Balaban J connectivity index is 1.72. The smallest absolute Gasteiger partial charge is 0.345 e. The predicted octanol–water partition coefficient (Wildman–Crippen LogP) is 4.72. The lowest BCUT2D eigenvalue weighted by atomic mass is 9.82. The molecule has 1 atom stereocenters. The Labute approximate surface area is 200 Å². The van der Waals surface area contributed by atoms with Crippen LogP contribution in [0, 0.1) is 30.9 Å². The topological polar surface area (TPSA) is 121 Å². The third kappa shape index (κ3) is 3.93. The van der Waals surface area contributed by atoms with E-state index in [0.717, 1.165) is 17.2 Å². The van der Waals surface area contributed by atoms with Crippen molar-refractivity contribution in [2.75, 3.05) is 0 Å². The molecule has 0 aromatic heterocycles. The zero-order chi connectivity index (χ0) is 25.6. The Bertz CT molecular complexity index is 1470. The van der Waals surface area contributed by atoms with Crippen LogP contribution in [0.25, 0.3) is 0 Å². The Kier molecular flexibility index (Phi) is 5.90. The SMILES string of the molecule is Cc1cc(C)c(C(=O)C(C)OC(=O)c2ccc3c(c2[N+](=O)[O-])C(=O)c2ccccc2C3=O)cc1C. The average Bonchev–Trinajstić information content (AvgIpc) is 2.83. The number of Topliss-reactive ketones (excluding diaryl/α,β-unsaturated/α-hetero) is 1. The van der Waals surface area contributed by atoms with Crippen molar-refractivity contribution in [2.24, 2.45) is 0 Å². The van der Waals surface area contributed by atoms with E-state index in [-0.39, 0.29) is 16.7 Å². The lowest BCUT2D eigenvalue weighted by molar-refractivity contribution is -0.385. The fourth-order valence-corrected chi connectivity index (χ4v) is 4.25. The summed E-state index contributed by atoms with van der Waals surface area (Å²) in [5, 5.41) is 12.0. The first-order valence-electron chi connectivity index (χ1n) is 10.9. The average molecular weight is 471 g/mol. The van der Waals surface area contributed by atoms with E-state index in [1.54, 1.807) is 25.1 Å². The van der Waals surface area contributed by atoms with Crippen molar-refractivity contribution in [3.8, 4) is 0 Å². The van der Waals surface area contributed by atoms with E-state index in [1.165, 1.54) is 25.1 Å². The number of hydrogen-bond donors (Lipinski definition) is 0. The van der Waals surface area contributed by atoms with Gasteiger partial charge in [-0.05, 0) is 62.6 Å². The van der Waals surface area contributed by atoms with Gasteiger partial charge >= 0.3 is 5.97 Å². The monoisotopic (exact) mass is 471 g/mol. The van der Waals surface area contributed by atoms with Gasteiger partial charge in [-0.3, -0.25) is 24.5 Å². The van der Waals surface area contributed by atoms with Gasteiger partial charge in [0.25, 0.3) is 5.69 Å². The number of ether oxygens (including phenoxy) is 1. The van der Waals surface area contributed by atoms with Crippen LogP contribution >= 0.6 is 0 Å². The summed E-state index contributed by atoms with van der Waals surface area (Å²) >= 11 is 0. The Morgan fingerprint density at radius 1 is 0.829 bits per heavy atom. The Morgan fingerprint density at radius 2 is 1.43 bits per heavy atom. The molecule has 35 heavy (non-hydrogen) atoms. The van der Waals surface area contributed by atoms with E-state index in [0.29, 0.717) is 11.1 Å². The molecule has 8 heteroatoms. The van der Waals surface area contributed by atoms with Crippen LogP contribution in [0.15, 0.2) is 48.5 Å². The fourth-order valence-electron chi connectivity index (χ4n) is 4.25. The minimum Gasteiger partial charge on any atom is -0.450 e. The quantitative estimate of drug-likeness (QED) is 0.179. The first kappa shape index (κ1) is 23.7. The fraction of sp³-hybridized carbons (Fsp3) is 0.185. The first-order chi connectivity index (χ1) is 16.5. The molecule has 0 amide bonds. The number of hydrogen-bond acceptors (Lipinski definition) is 7. The summed E-state index contributed by atoms with van der Waals surface area (Å²) < 4.78 is 5.30. The zero-order valence-electron chi connectivity index (χ0n) is 19.5. The zero-order valence-corrected chi connectivity index (χ0v) is 19.5. The number of nitro benzene ring substituents is 1. The second-order valence-corrected chi connectivity index (χ2v) is 8.51. The molecule has 0 saturated heterocycles. The molecule has 0 N–H and O–H groups in total. The number of benzene rings is 3. The molecule has 0 spiro atoms. The highest BCUT2D eigenvalue weighted by Crippen LogP contribution is 2.36. The molecule has 8 nitrogen and oxygen atoms in total. The largest absolute Gasteiger partial charge is 0.450 e. The van der Waals surface area contributed by atoms with Gasteiger partial charge in [0.1, 0.15) is 11.1 Å². The molecule has 3 aromatic carbocycles. The second kappa shape index (κ2) is 8.72. The number of carbonyl (C=O) groups excluding carboxylic acids is 4. The van der Waals surface area contributed by atoms with Gasteiger partial charge in [-0.1, -0.05) is 30.3 Å². The van der Waals surface area contributed by atoms with E-state index in [1.807, 2.05) is 19.9 Å². The normalized spacial score (nSPS) is 13.0. The lowest BCUT2D eigenvalue weighted by Gasteiger charge is -2.19. The van der Waals surface area contributed by atoms with Gasteiger partial charge in [-0.15, -0.1) is 0 Å². The van der Waals surface area contributed by atoms with Crippen molar-refractivity contribution in [3.05, 3.63) is 109 Å². The molecule has 0 bridgehead atoms. The van der Waals surface area contributed by atoms with Crippen LogP contribution in [0.3, 0.4) is 0 Å². The van der Waals surface area contributed by atoms with Crippen molar-refractivity contribution in [3.63, 3.8) is 0 Å². The number of rotatable bonds is 5. The number of nitrogens with zero attached hydrogens (tertiary/aromatic N) is 1. The first-order valence-corrected chi connectivity index (χ1v) is 10.9. The Hall–Kier alpha value is -4.46. The summed E-state index contributed by atoms with van der Waals surface area (Å²) in [7, 11) is 0. The molecule has 1 aliphatic rings. The van der Waals surface area contributed by atoms with Gasteiger partial charge in [0.15, 0.2) is 11.9 Å². The van der Waals surface area contributed by atoms with Gasteiger partial charge in [-0.25, -0.2) is 4.79 Å². The summed E-state index contributed by atoms with van der Waals surface area (Å²) in [6, 6.07) is 11.8. The number of carbonyl (C=O) groups is 4. The highest BCUT2D eigenvalue weighted by atomic mass is 16.6. The van der Waals surface area contributed by atoms with Gasteiger partial charge in [0, 0.05) is 22.3 Å². The molecular formula is C27H21NO7. The standard InChI is InChI=1S/C27H21NO7/c1-13-11-15(3)21(12-14(13)2)24(29)16(4)35-27(32)20-10-9-19-22(23(20)28(33)34)26(31)18-8-6-5-7-17(18)25(19)30/h5-12,16H,1-4H3. The summed E-state index contributed by atoms with van der Waals surface area (Å²) in [6.45, 7) is 6.92. The molecule has 1 aliphatic carbocycles. The van der Waals surface area contributed by atoms with Crippen LogP contribution in [0.5, 0.6) is 0 Å². The third-order valence-corrected chi connectivity index (χ3v) is 6.23. The number of aryl methyl sites for hydroxylation is 3. The van der Waals surface area contributed by atoms with Crippen LogP contribution in [0.1, 0.15) is 76.2 Å². The molecule has 0 saturated carbocycles. The van der Waals surface area contributed by atoms with Gasteiger partial charge in [0.2, 0.25) is 11.6 Å². The summed E-state index contributed by atoms with van der Waals surface area (Å²) in [4.78, 5) is 63.0. The molecule has 4 rings (SSSR count). The van der Waals surface area contributed by atoms with Gasteiger partial charge in [0.05, 0.1) is 4.92 Å². The number of nitro groups is 1. The lowest BCUT2D eigenvalue weighted by Crippen LogP contribution is -2.27. The molecule has 176 valence electrons. The summed E-state index contributed by atoms with van der Waals surface area (Å²) in [5.74, 6) is -2.88. The maximum absolute atomic E-state index is 13.1. The van der Waals surface area contributed by atoms with E-state index in [4.69, 9.17) is 4.74 Å². The van der Waals surface area contributed by atoms with Crippen molar-refractivity contribution >= 4 is 29.0 Å². The highest BCUT2D eigenvalue weighted by Gasteiger charge is 2.39. The van der Waals surface area contributed by atoms with Crippen LogP contribution in [-0.4, -0.2) is 34.3 Å². The maximum Gasteiger partial charge on any atom is 0.345 e. The number of ketones is 3. The summed E-state index contributed by atoms with van der Waals surface area (Å²) in [5.41, 5.74) is 1.21. The second-order valence-electron chi connectivity index (χ2n) is 8.51. The van der Waals surface area contributed by atoms with E-state index in [9.17, 15) is 29.3 Å². The molecular weight excluding hydrogens is 450 g/mol. The van der Waals surface area contributed by atoms with Crippen molar-refractivity contribution < 1.29 is 28.8 Å². The molecule has 0 aliphatic heterocycles. The number of fused-ring (bicyclic) bond motifs is 2. The van der Waals surface area contributed by atoms with Gasteiger partial charge < -0.3 is 4.74 Å². The minimum atomic E-state index is -1.24. The minimum absolute atomic E-state index is 0.0207. The van der Waals surface area contributed by atoms with E-state index in [2.05, 4.69) is 0 Å². The van der Waals surface area contributed by atoms with Gasteiger partial charge in [-0.2, -0.15) is 0 Å². The molecule has 3 aromatic rings. The van der Waals surface area contributed by atoms with Crippen LogP contribution in [-0.2, 0) is 4.74 Å². The van der Waals surface area contributed by atoms with Crippen LogP contribution in [0.2, 0.25) is 0 Å². The van der Waals surface area contributed by atoms with Crippen molar-refractivity contribution in [1.29, 1.82) is 0 Å². The van der Waals surface area contributed by atoms with E-state index >= 15 is 0 Å². The van der Waals surface area contributed by atoms with Crippen LogP contribution < -0.4 is 0 Å². The van der Waals surface area contributed by atoms with E-state index < -0.39 is 51.2 Å². The molecule has 1 unspecified atom stereocenters. The molecule has 0 radical (unpaired) electrons. The molecule has 0 heterocycles. The molecule has 0 fully saturated rings. The predicted molar refractivity (Wildman–Crippen MR) is 126 cm³/mol. The third-order valence-electron chi connectivity index (χ3n) is 6.23. The summed E-state index contributed by atoms with van der Waals surface area (Å²) in [6.07, 6.45) is -1.24. The van der Waals surface area contributed by atoms with Crippen LogP contribution in [0.4, 0.5) is 5.69 Å². The highest BCUT2D eigenvalue weighted by molar-refractivity contribution is 6.30. The Morgan fingerprint density at radius 3 is 2.06 bits per heavy atom. The van der Waals surface area contributed by atoms with Crippen molar-refractivity contribution in [2.45, 2.75) is 33.8 Å². The van der Waals surface area contributed by atoms with Crippen molar-refractivity contribution in [1.82, 2.24) is 0 Å².